The van der Waals surface area contributed by atoms with Gasteiger partial charge in [-0.3, -0.25) is 0 Å². The van der Waals surface area contributed by atoms with Gasteiger partial charge in [-0.15, -0.1) is 0 Å². The summed E-state index contributed by atoms with van der Waals surface area (Å²) in [6, 6.07) is 5.09. The Bertz CT molecular complexity index is 287. The molecule has 0 aromatic heterocycles. The van der Waals surface area contributed by atoms with Gasteiger partial charge in [0.1, 0.15) is 5.75 Å². The smallest absolute Gasteiger partial charge is 0.495 e. The van der Waals surface area contributed by atoms with E-state index >= 15 is 0 Å². The molecule has 4 heteroatoms. The first-order chi connectivity index (χ1) is 5.29. The Labute approximate surface area is 64.4 Å². The molecule has 1 aromatic carbocycles. The van der Waals surface area contributed by atoms with Gasteiger partial charge in [-0.25, -0.2) is 0 Å². The zero-order valence-electron chi connectivity index (χ0n) is 5.82. The highest BCUT2D eigenvalue weighted by Crippen LogP contribution is 2.16. The third-order valence-corrected chi connectivity index (χ3v) is 1.82. The van der Waals surface area contributed by atoms with Crippen LogP contribution in [0.2, 0.25) is 0 Å². The molecule has 1 heterocycles. The molecule has 0 radical (unpaired) electrons. The van der Waals surface area contributed by atoms with Crippen LogP contribution in [-0.2, 0) is 11.3 Å². The minimum Gasteiger partial charge on any atom is -0.508 e. The molecule has 1 aliphatic rings. The van der Waals surface area contributed by atoms with Crippen molar-refractivity contribution in [2.45, 2.75) is 6.61 Å². The van der Waals surface area contributed by atoms with Crippen LogP contribution in [0.3, 0.4) is 0 Å². The number of phenols is 1. The summed E-state index contributed by atoms with van der Waals surface area (Å²) in [6.45, 7) is 0.380. The van der Waals surface area contributed by atoms with Crippen LogP contribution in [0.25, 0.3) is 0 Å². The minimum absolute atomic E-state index is 0.104. The number of phenolic OH excluding ortho intramolecular Hbond substituents is 1. The van der Waals surface area contributed by atoms with Crippen LogP contribution >= 0.6 is 0 Å². The van der Waals surface area contributed by atoms with E-state index < -0.39 is 7.12 Å². The maximum absolute atomic E-state index is 9.26. The van der Waals surface area contributed by atoms with Gasteiger partial charge in [-0.2, -0.15) is 0 Å². The predicted octanol–water partition coefficient (Wildman–Crippen LogP) is -0.390. The lowest BCUT2D eigenvalue weighted by atomic mass is 9.79. The number of fused-ring (bicyclic) bond motifs is 1. The fourth-order valence-corrected chi connectivity index (χ4v) is 1.26. The molecule has 0 bridgehead atoms. The van der Waals surface area contributed by atoms with Gasteiger partial charge >= 0.3 is 7.12 Å². The van der Waals surface area contributed by atoms with Gasteiger partial charge in [0.2, 0.25) is 0 Å². The van der Waals surface area contributed by atoms with Gasteiger partial charge in [-0.1, -0.05) is 12.1 Å². The molecule has 0 unspecified atom stereocenters. The van der Waals surface area contributed by atoms with E-state index in [1.54, 1.807) is 6.07 Å². The second-order valence-corrected chi connectivity index (χ2v) is 2.51. The van der Waals surface area contributed by atoms with Crippen molar-refractivity contribution in [3.63, 3.8) is 0 Å². The van der Waals surface area contributed by atoms with Crippen LogP contribution in [0.1, 0.15) is 5.56 Å². The number of hydrogen-bond acceptors (Lipinski definition) is 3. The predicted molar refractivity (Wildman–Crippen MR) is 40.5 cm³/mol. The quantitative estimate of drug-likeness (QED) is 0.495. The Balaban J connectivity index is 2.58. The number of benzene rings is 1. The lowest BCUT2D eigenvalue weighted by molar-refractivity contribution is 0.275. The maximum atomic E-state index is 9.26. The molecule has 0 fully saturated rings. The van der Waals surface area contributed by atoms with Crippen molar-refractivity contribution >= 4 is 12.6 Å². The number of hydrogen-bond donors (Lipinski definition) is 2. The Morgan fingerprint density at radius 3 is 3.00 bits per heavy atom. The van der Waals surface area contributed by atoms with Crippen LogP contribution in [0, 0.1) is 0 Å². The van der Waals surface area contributed by atoms with Crippen molar-refractivity contribution in [2.24, 2.45) is 0 Å². The molecule has 56 valence electrons. The highest BCUT2D eigenvalue weighted by Gasteiger charge is 2.29. The molecule has 0 spiro atoms. The third kappa shape index (κ3) is 0.913. The molecule has 2 N–H and O–H groups in total. The first-order valence-electron chi connectivity index (χ1n) is 3.39. The summed E-state index contributed by atoms with van der Waals surface area (Å²) in [7, 11) is -0.953. The second-order valence-electron chi connectivity index (χ2n) is 2.51. The molecule has 0 aliphatic carbocycles. The average molecular weight is 150 g/mol. The van der Waals surface area contributed by atoms with Gasteiger partial charge in [0.05, 0.1) is 6.61 Å². The number of rotatable bonds is 0. The lowest BCUT2D eigenvalue weighted by Crippen LogP contribution is -2.28. The summed E-state index contributed by atoms with van der Waals surface area (Å²) in [6.07, 6.45) is 0. The summed E-state index contributed by atoms with van der Waals surface area (Å²) >= 11 is 0. The summed E-state index contributed by atoms with van der Waals surface area (Å²) < 4.78 is 4.90. The van der Waals surface area contributed by atoms with Crippen molar-refractivity contribution in [3.05, 3.63) is 23.8 Å². The zero-order valence-corrected chi connectivity index (χ0v) is 5.82. The topological polar surface area (TPSA) is 49.7 Å². The lowest BCUT2D eigenvalue weighted by Gasteiger charge is -1.99. The molecular formula is C7H7BO3. The van der Waals surface area contributed by atoms with Crippen LogP contribution < -0.4 is 5.46 Å². The van der Waals surface area contributed by atoms with Crippen molar-refractivity contribution in [1.82, 2.24) is 0 Å². The molecule has 0 saturated carbocycles. The van der Waals surface area contributed by atoms with E-state index in [4.69, 9.17) is 4.65 Å². The second kappa shape index (κ2) is 2.25. The highest BCUT2D eigenvalue weighted by atomic mass is 16.5. The molecular weight excluding hydrogens is 143 g/mol. The van der Waals surface area contributed by atoms with Gasteiger partial charge in [0.25, 0.3) is 0 Å². The van der Waals surface area contributed by atoms with E-state index in [0.29, 0.717) is 12.1 Å². The monoisotopic (exact) mass is 150 g/mol. The number of aromatic hydroxyl groups is 1. The third-order valence-electron chi connectivity index (χ3n) is 1.82. The van der Waals surface area contributed by atoms with E-state index in [2.05, 4.69) is 0 Å². The first kappa shape index (κ1) is 6.70. The molecule has 1 aliphatic heterocycles. The highest BCUT2D eigenvalue weighted by molar-refractivity contribution is 6.62. The van der Waals surface area contributed by atoms with Crippen molar-refractivity contribution in [3.8, 4) is 5.75 Å². The van der Waals surface area contributed by atoms with Gasteiger partial charge in [0, 0.05) is 5.46 Å². The van der Waals surface area contributed by atoms with E-state index in [1.807, 2.05) is 6.07 Å². The SMILES string of the molecule is OB1OCc2cccc(O)c21. The van der Waals surface area contributed by atoms with Crippen molar-refractivity contribution < 1.29 is 14.8 Å². The van der Waals surface area contributed by atoms with Crippen molar-refractivity contribution in [2.75, 3.05) is 0 Å². The minimum atomic E-state index is -0.953. The van der Waals surface area contributed by atoms with Gasteiger partial charge in [0.15, 0.2) is 0 Å². The Morgan fingerprint density at radius 1 is 1.45 bits per heavy atom. The van der Waals surface area contributed by atoms with E-state index in [-0.39, 0.29) is 5.75 Å². The molecule has 11 heavy (non-hydrogen) atoms. The summed E-state index contributed by atoms with van der Waals surface area (Å²) in [5, 5.41) is 18.4. The molecule has 0 saturated heterocycles. The average Bonchev–Trinajstić information content (AvgIpc) is 2.34. The largest absolute Gasteiger partial charge is 0.508 e. The Kier molecular flexibility index (Phi) is 1.37. The fraction of sp³-hybridized carbons (Fsp3) is 0.143. The summed E-state index contributed by atoms with van der Waals surface area (Å²) in [5.41, 5.74) is 1.37. The van der Waals surface area contributed by atoms with Crippen LogP contribution in [0.15, 0.2) is 18.2 Å². The first-order valence-corrected chi connectivity index (χ1v) is 3.39. The molecule has 2 rings (SSSR count). The van der Waals surface area contributed by atoms with E-state index in [9.17, 15) is 10.1 Å². The normalized spacial score (nSPS) is 15.2. The van der Waals surface area contributed by atoms with E-state index in [1.165, 1.54) is 6.07 Å². The fourth-order valence-electron chi connectivity index (χ4n) is 1.26. The Morgan fingerprint density at radius 2 is 2.27 bits per heavy atom. The Hall–Kier alpha value is -0.995. The van der Waals surface area contributed by atoms with Gasteiger partial charge < -0.3 is 14.8 Å². The van der Waals surface area contributed by atoms with Crippen LogP contribution in [-0.4, -0.2) is 17.2 Å². The maximum Gasteiger partial charge on any atom is 0.495 e. The summed E-state index contributed by atoms with van der Waals surface area (Å²) in [5.74, 6) is 0.104. The van der Waals surface area contributed by atoms with Crippen LogP contribution in [0.4, 0.5) is 0 Å². The standard InChI is InChI=1S/C7H7BO3/c9-6-3-1-2-5-4-11-8(10)7(5)6/h1-3,9-10H,4H2. The summed E-state index contributed by atoms with van der Waals surface area (Å²) in [4.78, 5) is 0. The van der Waals surface area contributed by atoms with Crippen LogP contribution in [0.5, 0.6) is 5.75 Å². The zero-order chi connectivity index (χ0) is 7.84. The molecule has 0 amide bonds. The molecule has 3 nitrogen and oxygen atoms in total. The molecule has 1 aromatic rings. The van der Waals surface area contributed by atoms with E-state index in [0.717, 1.165) is 5.56 Å². The van der Waals surface area contributed by atoms with Crippen molar-refractivity contribution in [1.29, 1.82) is 0 Å². The van der Waals surface area contributed by atoms with Gasteiger partial charge in [-0.05, 0) is 11.6 Å². The molecule has 0 atom stereocenters.